The Morgan fingerprint density at radius 1 is 1.19 bits per heavy atom. The number of benzene rings is 1. The number of hydrogen-bond donors (Lipinski definition) is 1. The van der Waals surface area contributed by atoms with Crippen LogP contribution in [0.1, 0.15) is 6.92 Å². The smallest absolute Gasteiger partial charge is 0.337 e. The van der Waals surface area contributed by atoms with Crippen LogP contribution in [0.5, 0.6) is 0 Å². The summed E-state index contributed by atoms with van der Waals surface area (Å²) in [5.41, 5.74) is -1.55. The summed E-state index contributed by atoms with van der Waals surface area (Å²) in [5.74, 6) is -4.00. The maximum Gasteiger partial charge on any atom is 0.337 e. The average molecular weight is 298 g/mol. The van der Waals surface area contributed by atoms with Crippen molar-refractivity contribution < 1.29 is 18.1 Å². The molecular weight excluding hydrogens is 289 g/mol. The molecule has 0 saturated carbocycles. The van der Waals surface area contributed by atoms with Gasteiger partial charge in [-0.15, -0.1) is 0 Å². The fourth-order valence-electron chi connectivity index (χ4n) is 1.75. The third-order valence-corrected chi connectivity index (χ3v) is 2.61. The van der Waals surface area contributed by atoms with Crippen LogP contribution in [-0.2, 0) is 0 Å². The topological polar surface area (TPSA) is 81.0 Å². The van der Waals surface area contributed by atoms with Gasteiger partial charge in [0.1, 0.15) is 12.1 Å². The second kappa shape index (κ2) is 5.73. The molecule has 1 aromatic carbocycles. The van der Waals surface area contributed by atoms with E-state index in [2.05, 4.69) is 15.3 Å². The number of nitrogens with one attached hydrogen (secondary N) is 1. The second-order valence-corrected chi connectivity index (χ2v) is 3.95. The summed E-state index contributed by atoms with van der Waals surface area (Å²) in [7, 11) is 0. The molecule has 0 atom stereocenters. The number of rotatable bonds is 4. The Hall–Kier alpha value is -2.71. The molecule has 6 nitrogen and oxygen atoms in total. The van der Waals surface area contributed by atoms with E-state index < -0.39 is 39.3 Å². The van der Waals surface area contributed by atoms with Crippen LogP contribution in [0.3, 0.4) is 0 Å². The number of halogens is 3. The molecule has 0 saturated heterocycles. The lowest BCUT2D eigenvalue weighted by molar-refractivity contribution is -0.383. The van der Waals surface area contributed by atoms with Gasteiger partial charge in [-0.25, -0.2) is 23.1 Å². The molecule has 0 spiro atoms. The molecule has 0 aliphatic heterocycles. The monoisotopic (exact) mass is 298 g/mol. The standard InChI is InChI=1S/C12H9F3N4O2/c1-2-16-12-11(19(20)21)10(17-5-18-12)6-3-8(14)9(15)4-7(6)13/h3-5H,2H2,1H3,(H,16,17,18). The zero-order valence-corrected chi connectivity index (χ0v) is 10.7. The second-order valence-electron chi connectivity index (χ2n) is 3.95. The van der Waals surface area contributed by atoms with Gasteiger partial charge in [-0.2, -0.15) is 0 Å². The van der Waals surface area contributed by atoms with Crippen LogP contribution in [0.2, 0.25) is 0 Å². The summed E-state index contributed by atoms with van der Waals surface area (Å²) in [6, 6.07) is 0.832. The minimum Gasteiger partial charge on any atom is -0.365 e. The maximum absolute atomic E-state index is 13.8. The number of anilines is 1. The summed E-state index contributed by atoms with van der Waals surface area (Å²) in [4.78, 5) is 17.7. The largest absolute Gasteiger partial charge is 0.365 e. The average Bonchev–Trinajstić information content (AvgIpc) is 2.42. The van der Waals surface area contributed by atoms with Gasteiger partial charge in [0.2, 0.25) is 5.82 Å². The van der Waals surface area contributed by atoms with Gasteiger partial charge in [0, 0.05) is 18.2 Å². The molecule has 0 amide bonds. The first-order chi connectivity index (χ1) is 9.95. The third kappa shape index (κ3) is 2.76. The van der Waals surface area contributed by atoms with E-state index in [1.54, 1.807) is 6.92 Å². The highest BCUT2D eigenvalue weighted by Gasteiger charge is 2.26. The zero-order valence-electron chi connectivity index (χ0n) is 10.7. The van der Waals surface area contributed by atoms with E-state index >= 15 is 0 Å². The van der Waals surface area contributed by atoms with Gasteiger partial charge in [0.15, 0.2) is 17.3 Å². The molecule has 9 heteroatoms. The first kappa shape index (κ1) is 14.7. The Morgan fingerprint density at radius 3 is 2.48 bits per heavy atom. The first-order valence-corrected chi connectivity index (χ1v) is 5.83. The van der Waals surface area contributed by atoms with Gasteiger partial charge in [-0.1, -0.05) is 0 Å². The van der Waals surface area contributed by atoms with E-state index in [0.717, 1.165) is 6.33 Å². The Morgan fingerprint density at radius 2 is 1.86 bits per heavy atom. The fraction of sp³-hybridized carbons (Fsp3) is 0.167. The van der Waals surface area contributed by atoms with E-state index in [1.165, 1.54) is 0 Å². The Bertz CT molecular complexity index is 709. The summed E-state index contributed by atoms with van der Waals surface area (Å²) in [6.45, 7) is 2.02. The van der Waals surface area contributed by atoms with Crippen LogP contribution in [0.4, 0.5) is 24.7 Å². The van der Waals surface area contributed by atoms with Crippen LogP contribution in [0.15, 0.2) is 18.5 Å². The molecule has 0 aliphatic carbocycles. The van der Waals surface area contributed by atoms with Crippen molar-refractivity contribution in [3.05, 3.63) is 46.0 Å². The van der Waals surface area contributed by atoms with Crippen molar-refractivity contribution in [2.45, 2.75) is 6.92 Å². The molecule has 0 fully saturated rings. The number of hydrogen-bond acceptors (Lipinski definition) is 5. The van der Waals surface area contributed by atoms with Crippen LogP contribution in [0.25, 0.3) is 11.3 Å². The minimum absolute atomic E-state index is 0.128. The molecule has 1 aromatic heterocycles. The summed E-state index contributed by atoms with van der Waals surface area (Å²) >= 11 is 0. The summed E-state index contributed by atoms with van der Waals surface area (Å²) in [5, 5.41) is 13.8. The van der Waals surface area contributed by atoms with Crippen molar-refractivity contribution in [3.63, 3.8) is 0 Å². The van der Waals surface area contributed by atoms with Gasteiger partial charge in [-0.3, -0.25) is 10.1 Å². The highest BCUT2D eigenvalue weighted by molar-refractivity contribution is 5.77. The number of nitrogens with zero attached hydrogens (tertiary/aromatic N) is 3. The lowest BCUT2D eigenvalue weighted by atomic mass is 10.1. The van der Waals surface area contributed by atoms with Crippen molar-refractivity contribution in [2.24, 2.45) is 0 Å². The van der Waals surface area contributed by atoms with Crippen molar-refractivity contribution in [1.29, 1.82) is 0 Å². The van der Waals surface area contributed by atoms with Gasteiger partial charge in [0.05, 0.1) is 4.92 Å². The van der Waals surface area contributed by atoms with Gasteiger partial charge < -0.3 is 5.32 Å². The Kier molecular flexibility index (Phi) is 4.01. The highest BCUT2D eigenvalue weighted by Crippen LogP contribution is 2.34. The normalized spacial score (nSPS) is 10.5. The molecule has 21 heavy (non-hydrogen) atoms. The molecule has 0 unspecified atom stereocenters. The van der Waals surface area contributed by atoms with Crippen LogP contribution in [0, 0.1) is 27.6 Å². The Balaban J connectivity index is 2.72. The molecule has 110 valence electrons. The van der Waals surface area contributed by atoms with Crippen molar-refractivity contribution in [3.8, 4) is 11.3 Å². The van der Waals surface area contributed by atoms with Gasteiger partial charge in [-0.05, 0) is 13.0 Å². The van der Waals surface area contributed by atoms with Gasteiger partial charge in [0.25, 0.3) is 0 Å². The van der Waals surface area contributed by atoms with Crippen LogP contribution < -0.4 is 5.32 Å². The first-order valence-electron chi connectivity index (χ1n) is 5.83. The van der Waals surface area contributed by atoms with Gasteiger partial charge >= 0.3 is 5.69 Å². The SMILES string of the molecule is CCNc1ncnc(-c2cc(F)c(F)cc2F)c1[N+](=O)[O-]. The highest BCUT2D eigenvalue weighted by atomic mass is 19.2. The molecule has 0 aliphatic rings. The third-order valence-electron chi connectivity index (χ3n) is 2.61. The van der Waals surface area contributed by atoms with Crippen molar-refractivity contribution >= 4 is 11.5 Å². The molecule has 2 rings (SSSR count). The predicted molar refractivity (Wildman–Crippen MR) is 68.2 cm³/mol. The number of aromatic nitrogens is 2. The lowest BCUT2D eigenvalue weighted by Gasteiger charge is -2.08. The Labute approximate surface area is 116 Å². The molecule has 2 aromatic rings. The molecule has 1 heterocycles. The van der Waals surface area contributed by atoms with E-state index in [0.29, 0.717) is 18.7 Å². The molecular formula is C12H9F3N4O2. The van der Waals surface area contributed by atoms with Crippen molar-refractivity contribution in [1.82, 2.24) is 9.97 Å². The van der Waals surface area contributed by atoms with E-state index in [-0.39, 0.29) is 5.82 Å². The molecule has 1 N–H and O–H groups in total. The van der Waals surface area contributed by atoms with Crippen molar-refractivity contribution in [2.75, 3.05) is 11.9 Å². The van der Waals surface area contributed by atoms with E-state index in [9.17, 15) is 23.3 Å². The minimum atomic E-state index is -1.39. The number of nitro groups is 1. The van der Waals surface area contributed by atoms with Crippen LogP contribution in [-0.4, -0.2) is 21.4 Å². The summed E-state index contributed by atoms with van der Waals surface area (Å²) < 4.78 is 40.0. The quantitative estimate of drug-likeness (QED) is 0.533. The summed E-state index contributed by atoms with van der Waals surface area (Å²) in [6.07, 6.45) is 0.973. The zero-order chi connectivity index (χ0) is 15.6. The fourth-order valence-corrected chi connectivity index (χ4v) is 1.75. The van der Waals surface area contributed by atoms with Crippen LogP contribution >= 0.6 is 0 Å². The molecule has 0 bridgehead atoms. The molecule has 0 radical (unpaired) electrons. The predicted octanol–water partition coefficient (Wildman–Crippen LogP) is 2.90. The maximum atomic E-state index is 13.8. The lowest BCUT2D eigenvalue weighted by Crippen LogP contribution is -2.07. The van der Waals surface area contributed by atoms with E-state index in [4.69, 9.17) is 0 Å². The van der Waals surface area contributed by atoms with E-state index in [1.807, 2.05) is 0 Å².